The van der Waals surface area contributed by atoms with E-state index in [0.29, 0.717) is 5.03 Å². The van der Waals surface area contributed by atoms with E-state index in [4.69, 9.17) is 11.6 Å². The lowest BCUT2D eigenvalue weighted by molar-refractivity contribution is -0.140. The normalized spacial score (nSPS) is 14.0. The van der Waals surface area contributed by atoms with Crippen LogP contribution in [0.1, 0.15) is 17.5 Å². The second-order valence-corrected chi connectivity index (χ2v) is 5.00. The predicted molar refractivity (Wildman–Crippen MR) is 81.7 cm³/mol. The summed E-state index contributed by atoms with van der Waals surface area (Å²) in [4.78, 5) is 22.5. The molecule has 0 aromatic heterocycles. The standard InChI is InChI=1S/C16H16ClNO3/c1-21-15(20)10-18-14(19)9-8-12-7-6-11-4-2-3-5-13(11)16(12)17/h2-5,8-9H,6-7,10H2,1H3,(H,18,19)/b9-8+. The maximum absolute atomic E-state index is 11.6. The van der Waals surface area contributed by atoms with Crippen LogP contribution in [0.15, 0.2) is 42.0 Å². The Morgan fingerprint density at radius 3 is 2.86 bits per heavy atom. The number of fused-ring (bicyclic) bond motifs is 1. The first-order chi connectivity index (χ1) is 10.1. The number of rotatable bonds is 4. The summed E-state index contributed by atoms with van der Waals surface area (Å²) in [5.41, 5.74) is 3.15. The quantitative estimate of drug-likeness (QED) is 0.686. The molecule has 0 atom stereocenters. The molecule has 0 heterocycles. The molecule has 0 fully saturated rings. The third-order valence-electron chi connectivity index (χ3n) is 3.27. The van der Waals surface area contributed by atoms with E-state index in [-0.39, 0.29) is 12.5 Å². The van der Waals surface area contributed by atoms with Crippen LogP contribution < -0.4 is 5.32 Å². The maximum Gasteiger partial charge on any atom is 0.325 e. The number of nitrogens with one attached hydrogen (secondary N) is 1. The van der Waals surface area contributed by atoms with Crippen LogP contribution in [0.4, 0.5) is 0 Å². The highest BCUT2D eigenvalue weighted by atomic mass is 35.5. The molecule has 21 heavy (non-hydrogen) atoms. The van der Waals surface area contributed by atoms with Crippen LogP contribution in [-0.4, -0.2) is 25.5 Å². The van der Waals surface area contributed by atoms with E-state index in [9.17, 15) is 9.59 Å². The molecule has 0 aliphatic heterocycles. The fourth-order valence-corrected chi connectivity index (χ4v) is 2.47. The number of methoxy groups -OCH3 is 1. The fraction of sp³-hybridized carbons (Fsp3) is 0.250. The summed E-state index contributed by atoms with van der Waals surface area (Å²) >= 11 is 6.37. The van der Waals surface area contributed by atoms with E-state index in [1.54, 1.807) is 6.08 Å². The summed E-state index contributed by atoms with van der Waals surface area (Å²) in [6.45, 7) is -0.144. The van der Waals surface area contributed by atoms with Gasteiger partial charge < -0.3 is 10.1 Å². The molecule has 1 N–H and O–H groups in total. The topological polar surface area (TPSA) is 55.4 Å². The lowest BCUT2D eigenvalue weighted by atomic mass is 9.92. The Balaban J connectivity index is 2.04. The van der Waals surface area contributed by atoms with Crippen LogP contribution in [-0.2, 0) is 20.7 Å². The predicted octanol–water partition coefficient (Wildman–Crippen LogP) is 2.43. The van der Waals surface area contributed by atoms with Gasteiger partial charge in [-0.05, 0) is 29.5 Å². The van der Waals surface area contributed by atoms with Gasteiger partial charge in [-0.25, -0.2) is 0 Å². The summed E-state index contributed by atoms with van der Waals surface area (Å²) in [6, 6.07) is 7.96. The zero-order chi connectivity index (χ0) is 15.2. The maximum atomic E-state index is 11.6. The third-order valence-corrected chi connectivity index (χ3v) is 3.72. The SMILES string of the molecule is COC(=O)CNC(=O)/C=C/C1=C(Cl)c2ccccc2CC1. The van der Waals surface area contributed by atoms with Crippen molar-refractivity contribution >= 4 is 28.5 Å². The van der Waals surface area contributed by atoms with Crippen molar-refractivity contribution < 1.29 is 14.3 Å². The molecule has 0 bridgehead atoms. The lowest BCUT2D eigenvalue weighted by Crippen LogP contribution is -2.28. The number of halogens is 1. The molecule has 5 heteroatoms. The van der Waals surface area contributed by atoms with Crippen molar-refractivity contribution in [2.24, 2.45) is 0 Å². The summed E-state index contributed by atoms with van der Waals surface area (Å²) in [7, 11) is 1.27. The van der Waals surface area contributed by atoms with E-state index in [1.807, 2.05) is 18.2 Å². The highest BCUT2D eigenvalue weighted by molar-refractivity contribution is 6.49. The van der Waals surface area contributed by atoms with Crippen molar-refractivity contribution in [3.8, 4) is 0 Å². The third kappa shape index (κ3) is 3.95. The van der Waals surface area contributed by atoms with Gasteiger partial charge in [-0.15, -0.1) is 0 Å². The highest BCUT2D eigenvalue weighted by Crippen LogP contribution is 2.34. The van der Waals surface area contributed by atoms with Crippen molar-refractivity contribution in [1.82, 2.24) is 5.32 Å². The minimum atomic E-state index is -0.486. The number of esters is 1. The van der Waals surface area contributed by atoms with Gasteiger partial charge in [-0.2, -0.15) is 0 Å². The molecule has 0 saturated carbocycles. The number of amides is 1. The van der Waals surface area contributed by atoms with Crippen molar-refractivity contribution in [2.45, 2.75) is 12.8 Å². The summed E-state index contributed by atoms with van der Waals surface area (Å²) in [5.74, 6) is -0.836. The van der Waals surface area contributed by atoms with Crippen LogP contribution >= 0.6 is 11.6 Å². The van der Waals surface area contributed by atoms with Crippen molar-refractivity contribution in [2.75, 3.05) is 13.7 Å². The van der Waals surface area contributed by atoms with Crippen LogP contribution in [0.25, 0.3) is 5.03 Å². The molecular formula is C16H16ClNO3. The molecule has 0 spiro atoms. The molecule has 110 valence electrons. The second-order valence-electron chi connectivity index (χ2n) is 4.62. The number of ether oxygens (including phenoxy) is 1. The first kappa shape index (κ1) is 15.3. The van der Waals surface area contributed by atoms with Crippen molar-refractivity contribution in [1.29, 1.82) is 0 Å². The number of carbonyl (C=O) groups is 2. The molecule has 1 aliphatic rings. The molecule has 1 amide bonds. The Labute approximate surface area is 128 Å². The first-order valence-corrected chi connectivity index (χ1v) is 6.99. The van der Waals surface area contributed by atoms with E-state index in [2.05, 4.69) is 16.1 Å². The second kappa shape index (κ2) is 7.09. The summed E-state index contributed by atoms with van der Waals surface area (Å²) in [5, 5.41) is 3.12. The zero-order valence-electron chi connectivity index (χ0n) is 11.7. The smallest absolute Gasteiger partial charge is 0.325 e. The summed E-state index contributed by atoms with van der Waals surface area (Å²) < 4.78 is 4.44. The van der Waals surface area contributed by atoms with Gasteiger partial charge in [-0.3, -0.25) is 9.59 Å². The Morgan fingerprint density at radius 1 is 1.33 bits per heavy atom. The van der Waals surface area contributed by atoms with Gasteiger partial charge in [0.25, 0.3) is 0 Å². The largest absolute Gasteiger partial charge is 0.468 e. The minimum Gasteiger partial charge on any atom is -0.468 e. The molecule has 0 saturated heterocycles. The molecular weight excluding hydrogens is 290 g/mol. The monoisotopic (exact) mass is 305 g/mol. The number of hydrogen-bond donors (Lipinski definition) is 1. The number of allylic oxidation sites excluding steroid dienone is 2. The van der Waals surface area contributed by atoms with Crippen molar-refractivity contribution in [3.05, 3.63) is 53.1 Å². The number of hydrogen-bond acceptors (Lipinski definition) is 3. The molecule has 1 aromatic rings. The van der Waals surface area contributed by atoms with E-state index >= 15 is 0 Å². The number of benzene rings is 1. The van der Waals surface area contributed by atoms with Gasteiger partial charge in [-0.1, -0.05) is 41.9 Å². The Kier molecular flexibility index (Phi) is 5.17. The minimum absolute atomic E-state index is 0.144. The van der Waals surface area contributed by atoms with Crippen LogP contribution in [0.3, 0.4) is 0 Å². The average Bonchev–Trinajstić information content (AvgIpc) is 2.52. The number of aryl methyl sites for hydroxylation is 1. The van der Waals surface area contributed by atoms with Gasteiger partial charge >= 0.3 is 5.97 Å². The first-order valence-electron chi connectivity index (χ1n) is 6.61. The molecule has 0 unspecified atom stereocenters. The Morgan fingerprint density at radius 2 is 2.10 bits per heavy atom. The molecule has 1 aliphatic carbocycles. The molecule has 2 rings (SSSR count). The Hall–Kier alpha value is -2.07. The van der Waals surface area contributed by atoms with Crippen LogP contribution in [0, 0.1) is 0 Å². The summed E-state index contributed by atoms with van der Waals surface area (Å²) in [6.07, 6.45) is 4.77. The molecule has 4 nitrogen and oxygen atoms in total. The van der Waals surface area contributed by atoms with Crippen molar-refractivity contribution in [3.63, 3.8) is 0 Å². The average molecular weight is 306 g/mol. The van der Waals surface area contributed by atoms with Gasteiger partial charge in [0.05, 0.1) is 12.1 Å². The van der Waals surface area contributed by atoms with E-state index in [1.165, 1.54) is 18.7 Å². The van der Waals surface area contributed by atoms with Gasteiger partial charge in [0, 0.05) is 6.08 Å². The molecule has 0 radical (unpaired) electrons. The van der Waals surface area contributed by atoms with Gasteiger partial charge in [0.1, 0.15) is 6.54 Å². The fourth-order valence-electron chi connectivity index (χ4n) is 2.13. The molecule has 1 aromatic carbocycles. The number of carbonyl (C=O) groups excluding carboxylic acids is 2. The van der Waals surface area contributed by atoms with Crippen LogP contribution in [0.2, 0.25) is 0 Å². The highest BCUT2D eigenvalue weighted by Gasteiger charge is 2.15. The zero-order valence-corrected chi connectivity index (χ0v) is 12.4. The van der Waals surface area contributed by atoms with Gasteiger partial charge in [0.2, 0.25) is 5.91 Å². The lowest BCUT2D eigenvalue weighted by Gasteiger charge is -2.17. The Bertz CT molecular complexity index is 620. The van der Waals surface area contributed by atoms with E-state index in [0.717, 1.165) is 24.0 Å². The van der Waals surface area contributed by atoms with E-state index < -0.39 is 5.97 Å². The van der Waals surface area contributed by atoms with Gasteiger partial charge in [0.15, 0.2) is 0 Å². The van der Waals surface area contributed by atoms with Crippen LogP contribution in [0.5, 0.6) is 0 Å².